The first-order valence-corrected chi connectivity index (χ1v) is 7.10. The van der Waals surface area contributed by atoms with E-state index in [-0.39, 0.29) is 5.75 Å². The van der Waals surface area contributed by atoms with Crippen LogP contribution in [-0.2, 0) is 11.3 Å². The minimum absolute atomic E-state index is 0.283. The molecule has 0 radical (unpaired) electrons. The number of phenols is 1. The summed E-state index contributed by atoms with van der Waals surface area (Å²) in [6, 6.07) is 5.80. The zero-order valence-electron chi connectivity index (χ0n) is 10.5. The molecule has 1 aromatic carbocycles. The first kappa shape index (κ1) is 12.8. The molecule has 1 aliphatic heterocycles. The fourth-order valence-corrected chi connectivity index (χ4v) is 2.95. The highest BCUT2D eigenvalue weighted by Crippen LogP contribution is 2.33. The van der Waals surface area contributed by atoms with E-state index in [4.69, 9.17) is 4.74 Å². The van der Waals surface area contributed by atoms with Crippen LogP contribution in [-0.4, -0.2) is 41.3 Å². The lowest BCUT2D eigenvalue weighted by molar-refractivity contribution is 0.0339. The molecule has 2 heterocycles. The Labute approximate surface area is 120 Å². The lowest BCUT2D eigenvalue weighted by atomic mass is 10.1. The van der Waals surface area contributed by atoms with E-state index < -0.39 is 0 Å². The van der Waals surface area contributed by atoms with Crippen LogP contribution >= 0.6 is 15.9 Å². The van der Waals surface area contributed by atoms with Crippen LogP contribution in [0, 0.1) is 0 Å². The second-order valence-electron chi connectivity index (χ2n) is 4.65. The average Bonchev–Trinajstić information content (AvgIpc) is 2.46. The van der Waals surface area contributed by atoms with E-state index in [1.807, 2.05) is 18.2 Å². The molecular weight excluding hydrogens is 308 g/mol. The molecular formula is C14H15BrN2O2. The number of morpholine rings is 1. The lowest BCUT2D eigenvalue weighted by Crippen LogP contribution is -2.35. The summed E-state index contributed by atoms with van der Waals surface area (Å²) in [7, 11) is 0. The molecule has 0 saturated carbocycles. The van der Waals surface area contributed by atoms with E-state index in [1.54, 1.807) is 6.20 Å². The van der Waals surface area contributed by atoms with E-state index in [9.17, 15) is 5.11 Å². The largest absolute Gasteiger partial charge is 0.505 e. The van der Waals surface area contributed by atoms with Crippen molar-refractivity contribution in [2.75, 3.05) is 26.3 Å². The Kier molecular flexibility index (Phi) is 3.68. The third-order valence-corrected chi connectivity index (χ3v) is 4.05. The van der Waals surface area contributed by atoms with Crippen molar-refractivity contribution < 1.29 is 9.84 Å². The van der Waals surface area contributed by atoms with Gasteiger partial charge >= 0.3 is 0 Å². The molecule has 2 aromatic rings. The van der Waals surface area contributed by atoms with Crippen LogP contribution in [0.3, 0.4) is 0 Å². The minimum Gasteiger partial charge on any atom is -0.505 e. The zero-order valence-corrected chi connectivity index (χ0v) is 12.1. The first-order valence-electron chi connectivity index (χ1n) is 6.31. The summed E-state index contributed by atoms with van der Waals surface area (Å²) in [5, 5.41) is 11.3. The molecule has 0 amide bonds. The molecule has 1 fully saturated rings. The van der Waals surface area contributed by atoms with Crippen LogP contribution in [0.2, 0.25) is 0 Å². The van der Waals surface area contributed by atoms with Crippen LogP contribution in [0.25, 0.3) is 10.9 Å². The maximum Gasteiger partial charge on any atom is 0.146 e. The van der Waals surface area contributed by atoms with Crippen LogP contribution in [0.4, 0.5) is 0 Å². The summed E-state index contributed by atoms with van der Waals surface area (Å²) in [6.45, 7) is 4.04. The third-order valence-electron chi connectivity index (χ3n) is 3.39. The predicted molar refractivity (Wildman–Crippen MR) is 77.2 cm³/mol. The van der Waals surface area contributed by atoms with Crippen LogP contribution in [0.15, 0.2) is 28.9 Å². The molecule has 1 saturated heterocycles. The molecule has 0 bridgehead atoms. The Morgan fingerprint density at radius 3 is 2.95 bits per heavy atom. The number of ether oxygens (including phenoxy) is 1. The summed E-state index contributed by atoms with van der Waals surface area (Å²) in [6.07, 6.45) is 1.70. The maximum atomic E-state index is 10.4. The van der Waals surface area contributed by atoms with E-state index in [2.05, 4.69) is 25.8 Å². The van der Waals surface area contributed by atoms with Gasteiger partial charge in [-0.1, -0.05) is 22.0 Å². The van der Waals surface area contributed by atoms with Crippen LogP contribution in [0.1, 0.15) is 5.56 Å². The van der Waals surface area contributed by atoms with E-state index >= 15 is 0 Å². The minimum atomic E-state index is 0.283. The zero-order chi connectivity index (χ0) is 13.2. The van der Waals surface area contributed by atoms with Gasteiger partial charge in [-0.15, -0.1) is 0 Å². The Balaban J connectivity index is 1.97. The van der Waals surface area contributed by atoms with Gasteiger partial charge in [0.05, 0.1) is 13.2 Å². The number of aromatic nitrogens is 1. The van der Waals surface area contributed by atoms with E-state index in [0.717, 1.165) is 48.3 Å². The van der Waals surface area contributed by atoms with Crippen molar-refractivity contribution in [2.45, 2.75) is 6.54 Å². The standard InChI is InChI=1S/C14H15BrN2O2/c15-12-8-10(9-17-4-6-19-7-5-17)14(18)13-11(12)2-1-3-16-13/h1-3,8,18H,4-7,9H2. The number of hydrogen-bond acceptors (Lipinski definition) is 4. The van der Waals surface area contributed by atoms with Gasteiger partial charge in [0.2, 0.25) is 0 Å². The quantitative estimate of drug-likeness (QED) is 0.923. The maximum absolute atomic E-state index is 10.4. The molecule has 0 spiro atoms. The molecule has 0 unspecified atom stereocenters. The topological polar surface area (TPSA) is 45.6 Å². The number of benzene rings is 1. The van der Waals surface area contributed by atoms with Crippen LogP contribution in [0.5, 0.6) is 5.75 Å². The number of rotatable bonds is 2. The Morgan fingerprint density at radius 1 is 1.37 bits per heavy atom. The molecule has 5 heteroatoms. The number of halogens is 1. The third kappa shape index (κ3) is 2.59. The number of pyridine rings is 1. The Morgan fingerprint density at radius 2 is 2.16 bits per heavy atom. The number of hydrogen-bond donors (Lipinski definition) is 1. The molecule has 4 nitrogen and oxygen atoms in total. The highest BCUT2D eigenvalue weighted by atomic mass is 79.9. The summed E-state index contributed by atoms with van der Waals surface area (Å²) < 4.78 is 6.30. The SMILES string of the molecule is Oc1c(CN2CCOCC2)cc(Br)c2cccnc12. The van der Waals surface area contributed by atoms with Gasteiger partial charge in [0.25, 0.3) is 0 Å². The average molecular weight is 323 g/mol. The van der Waals surface area contributed by atoms with Crippen molar-refractivity contribution >= 4 is 26.8 Å². The van der Waals surface area contributed by atoms with Crippen molar-refractivity contribution in [3.8, 4) is 5.75 Å². The number of nitrogens with zero attached hydrogens (tertiary/aromatic N) is 2. The van der Waals surface area contributed by atoms with Gasteiger partial charge in [-0.25, -0.2) is 0 Å². The van der Waals surface area contributed by atoms with Crippen molar-refractivity contribution in [1.29, 1.82) is 0 Å². The fraction of sp³-hybridized carbons (Fsp3) is 0.357. The number of aromatic hydroxyl groups is 1. The normalized spacial score (nSPS) is 16.9. The second kappa shape index (κ2) is 5.45. The van der Waals surface area contributed by atoms with E-state index in [1.165, 1.54) is 0 Å². The monoisotopic (exact) mass is 322 g/mol. The first-order chi connectivity index (χ1) is 9.25. The molecule has 0 aliphatic carbocycles. The Bertz CT molecular complexity index is 597. The highest BCUT2D eigenvalue weighted by Gasteiger charge is 2.16. The highest BCUT2D eigenvalue weighted by molar-refractivity contribution is 9.10. The second-order valence-corrected chi connectivity index (χ2v) is 5.51. The van der Waals surface area contributed by atoms with Crippen molar-refractivity contribution in [2.24, 2.45) is 0 Å². The van der Waals surface area contributed by atoms with Gasteiger partial charge in [0, 0.05) is 41.3 Å². The molecule has 1 N–H and O–H groups in total. The van der Waals surface area contributed by atoms with Crippen LogP contribution < -0.4 is 0 Å². The molecule has 3 rings (SSSR count). The van der Waals surface area contributed by atoms with E-state index in [0.29, 0.717) is 5.52 Å². The van der Waals surface area contributed by atoms with Gasteiger partial charge in [-0.3, -0.25) is 9.88 Å². The van der Waals surface area contributed by atoms with Gasteiger partial charge in [0.15, 0.2) is 0 Å². The van der Waals surface area contributed by atoms with Gasteiger partial charge in [0.1, 0.15) is 11.3 Å². The van der Waals surface area contributed by atoms with Crippen molar-refractivity contribution in [3.05, 3.63) is 34.4 Å². The number of phenolic OH excluding ortho intramolecular Hbond substituents is 1. The van der Waals surface area contributed by atoms with Gasteiger partial charge in [-0.05, 0) is 12.1 Å². The lowest BCUT2D eigenvalue weighted by Gasteiger charge is -2.27. The molecule has 19 heavy (non-hydrogen) atoms. The Hall–Kier alpha value is -1.17. The molecule has 0 atom stereocenters. The molecule has 1 aromatic heterocycles. The molecule has 1 aliphatic rings. The molecule has 100 valence electrons. The predicted octanol–water partition coefficient (Wildman–Crippen LogP) is 2.54. The smallest absolute Gasteiger partial charge is 0.146 e. The van der Waals surface area contributed by atoms with Crippen molar-refractivity contribution in [1.82, 2.24) is 9.88 Å². The summed E-state index contributed by atoms with van der Waals surface area (Å²) in [5.74, 6) is 0.283. The fourth-order valence-electron chi connectivity index (χ4n) is 2.36. The van der Waals surface area contributed by atoms with Crippen molar-refractivity contribution in [3.63, 3.8) is 0 Å². The summed E-state index contributed by atoms with van der Waals surface area (Å²) >= 11 is 3.55. The van der Waals surface area contributed by atoms with Gasteiger partial charge in [-0.2, -0.15) is 0 Å². The van der Waals surface area contributed by atoms with Gasteiger partial charge < -0.3 is 9.84 Å². The summed E-state index contributed by atoms with van der Waals surface area (Å²) in [5.41, 5.74) is 1.56. The number of fused-ring (bicyclic) bond motifs is 1. The summed E-state index contributed by atoms with van der Waals surface area (Å²) in [4.78, 5) is 6.55.